The number of hydrogen-bond acceptors (Lipinski definition) is 4. The lowest BCUT2D eigenvalue weighted by Gasteiger charge is -2.12. The number of aromatic nitrogens is 3. The van der Waals surface area contributed by atoms with Crippen LogP contribution in [-0.2, 0) is 11.2 Å². The predicted molar refractivity (Wildman–Crippen MR) is 88.6 cm³/mol. The number of nitro groups is 1. The van der Waals surface area contributed by atoms with Crippen molar-refractivity contribution in [3.63, 3.8) is 0 Å². The molecule has 2 aromatic heterocycles. The van der Waals surface area contributed by atoms with Crippen molar-refractivity contribution in [2.75, 3.05) is 6.54 Å². The first kappa shape index (κ1) is 15.7. The number of aromatic amines is 1. The van der Waals surface area contributed by atoms with Gasteiger partial charge in [-0.25, -0.2) is 0 Å². The van der Waals surface area contributed by atoms with Gasteiger partial charge in [0, 0.05) is 23.6 Å². The molecule has 1 aromatic carbocycles. The van der Waals surface area contributed by atoms with Crippen LogP contribution in [0.2, 0.25) is 0 Å². The molecule has 24 heavy (non-hydrogen) atoms. The van der Waals surface area contributed by atoms with Crippen LogP contribution in [0.25, 0.3) is 10.9 Å². The van der Waals surface area contributed by atoms with Crippen molar-refractivity contribution in [2.24, 2.45) is 0 Å². The molecule has 3 aromatic rings. The largest absolute Gasteiger partial charge is 0.361 e. The SMILES string of the molecule is C[C@@H](C(=O)NCCc1c[nH]c2ccccc12)n1cc([N+](=O)[O-])cn1. The van der Waals surface area contributed by atoms with E-state index in [4.69, 9.17) is 0 Å². The van der Waals surface area contributed by atoms with E-state index in [2.05, 4.69) is 15.4 Å². The zero-order valence-electron chi connectivity index (χ0n) is 13.1. The van der Waals surface area contributed by atoms with Crippen molar-refractivity contribution in [1.82, 2.24) is 20.1 Å². The van der Waals surface area contributed by atoms with E-state index in [9.17, 15) is 14.9 Å². The lowest BCUT2D eigenvalue weighted by atomic mass is 10.1. The fourth-order valence-electron chi connectivity index (χ4n) is 2.56. The van der Waals surface area contributed by atoms with Gasteiger partial charge in [0.15, 0.2) is 0 Å². The van der Waals surface area contributed by atoms with Gasteiger partial charge in [0.1, 0.15) is 18.4 Å². The fraction of sp³-hybridized carbons (Fsp3) is 0.250. The highest BCUT2D eigenvalue weighted by molar-refractivity contribution is 5.83. The highest BCUT2D eigenvalue weighted by Crippen LogP contribution is 2.18. The maximum Gasteiger partial charge on any atom is 0.307 e. The zero-order chi connectivity index (χ0) is 17.1. The second-order valence-corrected chi connectivity index (χ2v) is 5.51. The third kappa shape index (κ3) is 3.12. The molecular formula is C16H17N5O3. The Balaban J connectivity index is 1.57. The van der Waals surface area contributed by atoms with Crippen LogP contribution in [0.1, 0.15) is 18.5 Å². The van der Waals surface area contributed by atoms with Crippen molar-refractivity contribution < 1.29 is 9.72 Å². The number of para-hydroxylation sites is 1. The summed E-state index contributed by atoms with van der Waals surface area (Å²) in [5, 5.41) is 18.5. The van der Waals surface area contributed by atoms with E-state index in [1.165, 1.54) is 10.9 Å². The average molecular weight is 327 g/mol. The Morgan fingerprint density at radius 1 is 1.46 bits per heavy atom. The molecule has 1 amide bonds. The van der Waals surface area contributed by atoms with Gasteiger partial charge < -0.3 is 10.3 Å². The Labute approximate surface area is 137 Å². The first-order chi connectivity index (χ1) is 11.6. The number of nitrogens with zero attached hydrogens (tertiary/aromatic N) is 3. The standard InChI is InChI=1S/C16H17N5O3/c1-11(20-10-13(9-19-20)21(23)24)16(22)17-7-6-12-8-18-15-5-3-2-4-14(12)15/h2-5,8-11,18H,6-7H2,1H3,(H,17,22)/t11-/m0/s1. The molecule has 0 aliphatic heterocycles. The second-order valence-electron chi connectivity index (χ2n) is 5.51. The summed E-state index contributed by atoms with van der Waals surface area (Å²) >= 11 is 0. The van der Waals surface area contributed by atoms with Crippen molar-refractivity contribution in [2.45, 2.75) is 19.4 Å². The average Bonchev–Trinajstić information content (AvgIpc) is 3.21. The first-order valence-corrected chi connectivity index (χ1v) is 7.57. The highest BCUT2D eigenvalue weighted by Gasteiger charge is 2.18. The van der Waals surface area contributed by atoms with Gasteiger partial charge >= 0.3 is 5.69 Å². The molecule has 0 saturated heterocycles. The molecule has 0 radical (unpaired) electrons. The van der Waals surface area contributed by atoms with E-state index in [0.29, 0.717) is 13.0 Å². The van der Waals surface area contributed by atoms with E-state index >= 15 is 0 Å². The van der Waals surface area contributed by atoms with E-state index in [-0.39, 0.29) is 11.6 Å². The summed E-state index contributed by atoms with van der Waals surface area (Å²) in [5.41, 5.74) is 2.07. The molecule has 0 fully saturated rings. The van der Waals surface area contributed by atoms with E-state index in [1.807, 2.05) is 30.5 Å². The minimum atomic E-state index is -0.610. The summed E-state index contributed by atoms with van der Waals surface area (Å²) in [6, 6.07) is 7.38. The Bertz CT molecular complexity index is 883. The number of benzene rings is 1. The Hall–Kier alpha value is -3.16. The minimum Gasteiger partial charge on any atom is -0.361 e. The Kier molecular flexibility index (Phi) is 4.28. The molecule has 0 spiro atoms. The van der Waals surface area contributed by atoms with Crippen LogP contribution in [0.4, 0.5) is 5.69 Å². The monoisotopic (exact) mass is 327 g/mol. The number of carbonyl (C=O) groups excluding carboxylic acids is 1. The number of rotatable bonds is 6. The van der Waals surface area contributed by atoms with Gasteiger partial charge in [-0.15, -0.1) is 0 Å². The van der Waals surface area contributed by atoms with Crippen LogP contribution in [0.15, 0.2) is 42.9 Å². The van der Waals surface area contributed by atoms with Crippen LogP contribution >= 0.6 is 0 Å². The zero-order valence-corrected chi connectivity index (χ0v) is 13.1. The van der Waals surface area contributed by atoms with E-state index < -0.39 is 11.0 Å². The van der Waals surface area contributed by atoms with Crippen molar-refractivity contribution in [3.05, 3.63) is 58.5 Å². The van der Waals surface area contributed by atoms with Crippen LogP contribution in [0, 0.1) is 10.1 Å². The molecule has 2 heterocycles. The van der Waals surface area contributed by atoms with E-state index in [0.717, 1.165) is 22.7 Å². The number of hydrogen-bond donors (Lipinski definition) is 2. The Morgan fingerprint density at radius 3 is 3.00 bits per heavy atom. The van der Waals surface area contributed by atoms with Crippen LogP contribution in [0.3, 0.4) is 0 Å². The topological polar surface area (TPSA) is 106 Å². The maximum absolute atomic E-state index is 12.2. The first-order valence-electron chi connectivity index (χ1n) is 7.57. The van der Waals surface area contributed by atoms with Gasteiger partial charge in [0.25, 0.3) is 0 Å². The molecule has 8 nitrogen and oxygen atoms in total. The molecule has 2 N–H and O–H groups in total. The van der Waals surface area contributed by atoms with Gasteiger partial charge in [0.2, 0.25) is 5.91 Å². The van der Waals surface area contributed by atoms with Gasteiger partial charge in [-0.05, 0) is 25.0 Å². The predicted octanol–water partition coefficient (Wildman–Crippen LogP) is 2.19. The number of H-pyrrole nitrogens is 1. The molecule has 0 saturated carbocycles. The number of carbonyl (C=O) groups is 1. The summed E-state index contributed by atoms with van der Waals surface area (Å²) in [4.78, 5) is 25.5. The second kappa shape index (κ2) is 6.53. The molecule has 0 bridgehead atoms. The van der Waals surface area contributed by atoms with E-state index in [1.54, 1.807) is 6.92 Å². The van der Waals surface area contributed by atoms with Crippen molar-refractivity contribution >= 4 is 22.5 Å². The van der Waals surface area contributed by atoms with Crippen LogP contribution < -0.4 is 5.32 Å². The van der Waals surface area contributed by atoms with Gasteiger partial charge in [0.05, 0.1) is 4.92 Å². The summed E-state index contributed by atoms with van der Waals surface area (Å²) in [6.45, 7) is 2.13. The van der Waals surface area contributed by atoms with Gasteiger partial charge in [-0.3, -0.25) is 19.6 Å². The molecule has 3 rings (SSSR count). The summed E-state index contributed by atoms with van der Waals surface area (Å²) in [5.74, 6) is -0.229. The molecular weight excluding hydrogens is 310 g/mol. The number of amides is 1. The quantitative estimate of drug-likeness (QED) is 0.534. The molecule has 0 aliphatic carbocycles. The molecule has 124 valence electrons. The van der Waals surface area contributed by atoms with Gasteiger partial charge in [-0.2, -0.15) is 5.10 Å². The summed E-state index contributed by atoms with van der Waals surface area (Å²) in [6.07, 6.45) is 5.03. The van der Waals surface area contributed by atoms with Crippen LogP contribution in [0.5, 0.6) is 0 Å². The lowest BCUT2D eigenvalue weighted by molar-refractivity contribution is -0.385. The summed E-state index contributed by atoms with van der Waals surface area (Å²) in [7, 11) is 0. The fourth-order valence-corrected chi connectivity index (χ4v) is 2.56. The maximum atomic E-state index is 12.2. The van der Waals surface area contributed by atoms with Crippen molar-refractivity contribution in [3.8, 4) is 0 Å². The highest BCUT2D eigenvalue weighted by atomic mass is 16.6. The molecule has 8 heteroatoms. The number of nitrogens with one attached hydrogen (secondary N) is 2. The lowest BCUT2D eigenvalue weighted by Crippen LogP contribution is -2.32. The number of fused-ring (bicyclic) bond motifs is 1. The van der Waals surface area contributed by atoms with Crippen molar-refractivity contribution in [1.29, 1.82) is 0 Å². The molecule has 0 unspecified atom stereocenters. The van der Waals surface area contributed by atoms with Gasteiger partial charge in [-0.1, -0.05) is 18.2 Å². The third-order valence-corrected chi connectivity index (χ3v) is 3.94. The Morgan fingerprint density at radius 2 is 2.25 bits per heavy atom. The minimum absolute atomic E-state index is 0.131. The smallest absolute Gasteiger partial charge is 0.307 e. The normalized spacial score (nSPS) is 12.2. The molecule has 0 aliphatic rings. The van der Waals surface area contributed by atoms with Crippen LogP contribution in [-0.4, -0.2) is 32.1 Å². The summed E-state index contributed by atoms with van der Waals surface area (Å²) < 4.78 is 1.29. The third-order valence-electron chi connectivity index (χ3n) is 3.94. The molecule has 1 atom stereocenters.